The van der Waals surface area contributed by atoms with Crippen LogP contribution in [-0.2, 0) is 16.1 Å². The highest BCUT2D eigenvalue weighted by Gasteiger charge is 2.26. The van der Waals surface area contributed by atoms with Crippen molar-refractivity contribution in [1.29, 1.82) is 0 Å². The number of piperazine rings is 1. The zero-order chi connectivity index (χ0) is 18.5. The molecular formula is C20H22ClN3O2. The standard InChI is InChI=1S/C20H22ClN3O2/c1-15-5-2-3-6-16(15)12-22-19(25)13-23-9-10-24(20(26)14-23)18-8-4-7-17(21)11-18/h2-8,11H,9-10,12-14H2,1H3,(H,22,25). The van der Waals surface area contributed by atoms with E-state index in [0.29, 0.717) is 24.7 Å². The van der Waals surface area contributed by atoms with Gasteiger partial charge in [0.25, 0.3) is 0 Å². The van der Waals surface area contributed by atoms with Gasteiger partial charge in [-0.15, -0.1) is 0 Å². The molecule has 0 radical (unpaired) electrons. The largest absolute Gasteiger partial charge is 0.351 e. The molecule has 1 fully saturated rings. The normalized spacial score (nSPS) is 15.2. The first-order chi connectivity index (χ1) is 12.5. The van der Waals surface area contributed by atoms with Crippen molar-refractivity contribution in [3.05, 3.63) is 64.7 Å². The molecule has 136 valence electrons. The van der Waals surface area contributed by atoms with Gasteiger partial charge in [-0.2, -0.15) is 0 Å². The van der Waals surface area contributed by atoms with Gasteiger partial charge in [0, 0.05) is 30.3 Å². The molecule has 0 unspecified atom stereocenters. The van der Waals surface area contributed by atoms with Crippen LogP contribution in [0.5, 0.6) is 0 Å². The van der Waals surface area contributed by atoms with E-state index in [4.69, 9.17) is 11.6 Å². The first-order valence-electron chi connectivity index (χ1n) is 8.62. The van der Waals surface area contributed by atoms with E-state index in [1.54, 1.807) is 17.0 Å². The van der Waals surface area contributed by atoms with Gasteiger partial charge in [0.15, 0.2) is 0 Å². The van der Waals surface area contributed by atoms with E-state index in [0.717, 1.165) is 16.8 Å². The van der Waals surface area contributed by atoms with Gasteiger partial charge in [0.05, 0.1) is 13.1 Å². The first kappa shape index (κ1) is 18.4. The van der Waals surface area contributed by atoms with E-state index in [2.05, 4.69) is 5.32 Å². The average Bonchev–Trinajstić information content (AvgIpc) is 2.61. The molecule has 0 bridgehead atoms. The van der Waals surface area contributed by atoms with Crippen molar-refractivity contribution in [2.45, 2.75) is 13.5 Å². The molecule has 2 amide bonds. The van der Waals surface area contributed by atoms with Gasteiger partial charge in [-0.1, -0.05) is 41.9 Å². The number of carbonyl (C=O) groups is 2. The minimum absolute atomic E-state index is 0.0229. The van der Waals surface area contributed by atoms with Gasteiger partial charge in [0.2, 0.25) is 11.8 Å². The SMILES string of the molecule is Cc1ccccc1CNC(=O)CN1CCN(c2cccc(Cl)c2)C(=O)C1. The summed E-state index contributed by atoms with van der Waals surface area (Å²) >= 11 is 6.00. The summed E-state index contributed by atoms with van der Waals surface area (Å²) in [4.78, 5) is 28.2. The van der Waals surface area contributed by atoms with E-state index in [1.165, 1.54) is 0 Å². The molecule has 1 aliphatic heterocycles. The fourth-order valence-electron chi connectivity index (χ4n) is 3.04. The Bertz CT molecular complexity index is 809. The smallest absolute Gasteiger partial charge is 0.241 e. The summed E-state index contributed by atoms with van der Waals surface area (Å²) in [6.45, 7) is 4.17. The van der Waals surface area contributed by atoms with Crippen LogP contribution in [0.15, 0.2) is 48.5 Å². The van der Waals surface area contributed by atoms with Crippen LogP contribution >= 0.6 is 11.6 Å². The Hall–Kier alpha value is -2.37. The summed E-state index contributed by atoms with van der Waals surface area (Å²) in [5.74, 6) is -0.0949. The molecule has 3 rings (SSSR count). The number of nitrogens with zero attached hydrogens (tertiary/aromatic N) is 2. The van der Waals surface area contributed by atoms with E-state index in [1.807, 2.05) is 48.2 Å². The number of nitrogens with one attached hydrogen (secondary N) is 1. The minimum Gasteiger partial charge on any atom is -0.351 e. The van der Waals surface area contributed by atoms with Crippen molar-refractivity contribution >= 4 is 29.1 Å². The monoisotopic (exact) mass is 371 g/mol. The van der Waals surface area contributed by atoms with E-state index < -0.39 is 0 Å². The second-order valence-corrected chi connectivity index (χ2v) is 6.88. The molecule has 2 aromatic rings. The third-order valence-corrected chi connectivity index (χ3v) is 4.76. The summed E-state index contributed by atoms with van der Waals surface area (Å²) < 4.78 is 0. The van der Waals surface area contributed by atoms with Crippen LogP contribution in [0, 0.1) is 6.92 Å². The summed E-state index contributed by atoms with van der Waals surface area (Å²) in [7, 11) is 0. The lowest BCUT2D eigenvalue weighted by molar-refractivity contribution is -0.125. The lowest BCUT2D eigenvalue weighted by atomic mass is 10.1. The molecule has 6 heteroatoms. The predicted octanol–water partition coefficient (Wildman–Crippen LogP) is 2.61. The number of halogens is 1. The van der Waals surface area contributed by atoms with Gasteiger partial charge >= 0.3 is 0 Å². The molecule has 0 atom stereocenters. The lowest BCUT2D eigenvalue weighted by Crippen LogP contribution is -2.52. The van der Waals surface area contributed by atoms with E-state index >= 15 is 0 Å². The average molecular weight is 372 g/mol. The van der Waals surface area contributed by atoms with E-state index in [9.17, 15) is 9.59 Å². The number of aryl methyl sites for hydroxylation is 1. The lowest BCUT2D eigenvalue weighted by Gasteiger charge is -2.34. The van der Waals surface area contributed by atoms with Crippen molar-refractivity contribution in [1.82, 2.24) is 10.2 Å². The van der Waals surface area contributed by atoms with Gasteiger partial charge in [-0.3, -0.25) is 14.5 Å². The molecule has 1 saturated heterocycles. The number of amides is 2. The topological polar surface area (TPSA) is 52.7 Å². The Kier molecular flexibility index (Phi) is 5.91. The number of hydrogen-bond donors (Lipinski definition) is 1. The number of benzene rings is 2. The Morgan fingerprint density at radius 2 is 1.96 bits per heavy atom. The van der Waals surface area contributed by atoms with Crippen LogP contribution in [0.25, 0.3) is 0 Å². The molecule has 0 spiro atoms. The van der Waals surface area contributed by atoms with Crippen molar-refractivity contribution in [3.63, 3.8) is 0 Å². The third-order valence-electron chi connectivity index (χ3n) is 4.52. The van der Waals surface area contributed by atoms with Gasteiger partial charge in [-0.05, 0) is 36.2 Å². The van der Waals surface area contributed by atoms with Crippen LogP contribution in [0.2, 0.25) is 5.02 Å². The maximum absolute atomic E-state index is 12.4. The van der Waals surface area contributed by atoms with E-state index in [-0.39, 0.29) is 24.9 Å². The maximum Gasteiger partial charge on any atom is 0.241 e. The second-order valence-electron chi connectivity index (χ2n) is 6.44. The molecule has 2 aromatic carbocycles. The molecule has 1 aliphatic rings. The van der Waals surface area contributed by atoms with Crippen LogP contribution in [-0.4, -0.2) is 42.9 Å². The Morgan fingerprint density at radius 1 is 1.15 bits per heavy atom. The molecule has 5 nitrogen and oxygen atoms in total. The van der Waals surface area contributed by atoms with Crippen molar-refractivity contribution in [2.24, 2.45) is 0 Å². The molecule has 1 heterocycles. The highest BCUT2D eigenvalue weighted by Crippen LogP contribution is 2.21. The summed E-state index contributed by atoms with van der Waals surface area (Å²) in [5.41, 5.74) is 3.05. The van der Waals surface area contributed by atoms with Gasteiger partial charge < -0.3 is 10.2 Å². The molecule has 0 saturated carbocycles. The summed E-state index contributed by atoms with van der Waals surface area (Å²) in [6, 6.07) is 15.2. The van der Waals surface area contributed by atoms with Crippen molar-refractivity contribution in [2.75, 3.05) is 31.1 Å². The van der Waals surface area contributed by atoms with Crippen molar-refractivity contribution < 1.29 is 9.59 Å². The van der Waals surface area contributed by atoms with Crippen LogP contribution in [0.3, 0.4) is 0 Å². The highest BCUT2D eigenvalue weighted by atomic mass is 35.5. The predicted molar refractivity (Wildman–Crippen MR) is 103 cm³/mol. The third kappa shape index (κ3) is 4.62. The highest BCUT2D eigenvalue weighted by molar-refractivity contribution is 6.30. The molecule has 1 N–H and O–H groups in total. The number of hydrogen-bond acceptors (Lipinski definition) is 3. The Balaban J connectivity index is 1.50. The molecule has 26 heavy (non-hydrogen) atoms. The van der Waals surface area contributed by atoms with Crippen molar-refractivity contribution in [3.8, 4) is 0 Å². The fraction of sp³-hybridized carbons (Fsp3) is 0.300. The summed E-state index contributed by atoms with van der Waals surface area (Å²) in [5, 5.41) is 3.53. The first-order valence-corrected chi connectivity index (χ1v) is 9.00. The number of rotatable bonds is 5. The Labute approximate surface area is 158 Å². The minimum atomic E-state index is -0.0720. The fourth-order valence-corrected chi connectivity index (χ4v) is 3.22. The van der Waals surface area contributed by atoms with Crippen LogP contribution in [0.1, 0.15) is 11.1 Å². The van der Waals surface area contributed by atoms with Gasteiger partial charge in [0.1, 0.15) is 0 Å². The molecular weight excluding hydrogens is 350 g/mol. The second kappa shape index (κ2) is 8.34. The zero-order valence-corrected chi connectivity index (χ0v) is 15.5. The molecule has 0 aromatic heterocycles. The summed E-state index contributed by atoms with van der Waals surface area (Å²) in [6.07, 6.45) is 0. The van der Waals surface area contributed by atoms with Gasteiger partial charge in [-0.25, -0.2) is 0 Å². The quantitative estimate of drug-likeness (QED) is 0.879. The molecule has 0 aliphatic carbocycles. The van der Waals surface area contributed by atoms with Crippen LogP contribution < -0.4 is 10.2 Å². The number of carbonyl (C=O) groups excluding carboxylic acids is 2. The Morgan fingerprint density at radius 3 is 2.69 bits per heavy atom. The maximum atomic E-state index is 12.4. The van der Waals surface area contributed by atoms with Crippen LogP contribution in [0.4, 0.5) is 5.69 Å². The number of anilines is 1. The zero-order valence-electron chi connectivity index (χ0n) is 14.7.